The van der Waals surface area contributed by atoms with Gasteiger partial charge in [0.1, 0.15) is 5.69 Å². The zero-order valence-electron chi connectivity index (χ0n) is 8.64. The van der Waals surface area contributed by atoms with Gasteiger partial charge in [0.15, 0.2) is 0 Å². The van der Waals surface area contributed by atoms with Gasteiger partial charge in [-0.25, -0.2) is 0 Å². The van der Waals surface area contributed by atoms with E-state index in [0.717, 1.165) is 12.8 Å². The maximum absolute atomic E-state index is 11.7. The van der Waals surface area contributed by atoms with Crippen molar-refractivity contribution in [3.8, 4) is 0 Å². The van der Waals surface area contributed by atoms with E-state index in [1.165, 1.54) is 6.20 Å². The van der Waals surface area contributed by atoms with Crippen LogP contribution in [0.4, 0.5) is 0 Å². The van der Waals surface area contributed by atoms with Crippen molar-refractivity contribution in [3.63, 3.8) is 0 Å². The van der Waals surface area contributed by atoms with Crippen LogP contribution in [-0.4, -0.2) is 33.2 Å². The molecule has 0 aromatic carbocycles. The molecule has 1 aliphatic rings. The lowest BCUT2D eigenvalue weighted by Crippen LogP contribution is -2.40. The van der Waals surface area contributed by atoms with E-state index in [2.05, 4.69) is 15.5 Å². The van der Waals surface area contributed by atoms with Gasteiger partial charge in [0.2, 0.25) is 0 Å². The predicted octanol–water partition coefficient (Wildman–Crippen LogP) is 0.393. The third-order valence-corrected chi connectivity index (χ3v) is 2.90. The summed E-state index contributed by atoms with van der Waals surface area (Å²) in [7, 11) is 0. The highest BCUT2D eigenvalue weighted by Gasteiger charge is 2.34. The molecule has 1 aliphatic carbocycles. The van der Waals surface area contributed by atoms with Gasteiger partial charge in [-0.2, -0.15) is 5.10 Å². The van der Waals surface area contributed by atoms with Crippen LogP contribution in [0.15, 0.2) is 12.3 Å². The van der Waals surface area contributed by atoms with Crippen molar-refractivity contribution in [2.75, 3.05) is 0 Å². The number of nitrogens with one attached hydrogen (secondary N) is 2. The number of nitrogens with zero attached hydrogens (tertiary/aromatic N) is 1. The highest BCUT2D eigenvalue weighted by atomic mass is 16.4. The maximum atomic E-state index is 11.7. The summed E-state index contributed by atoms with van der Waals surface area (Å²) < 4.78 is 0. The van der Waals surface area contributed by atoms with Gasteiger partial charge in [-0.05, 0) is 18.9 Å². The molecule has 1 amide bonds. The molecule has 0 spiro atoms. The highest BCUT2D eigenvalue weighted by Crippen LogP contribution is 2.25. The van der Waals surface area contributed by atoms with E-state index >= 15 is 0 Å². The minimum absolute atomic E-state index is 0.270. The second kappa shape index (κ2) is 4.34. The lowest BCUT2D eigenvalue weighted by atomic mass is 10.0. The predicted molar refractivity (Wildman–Crippen MR) is 54.8 cm³/mol. The Balaban J connectivity index is 1.99. The molecule has 2 rings (SSSR count). The normalized spacial score (nSPS) is 24.2. The Morgan fingerprint density at radius 1 is 1.50 bits per heavy atom. The Morgan fingerprint density at radius 2 is 2.31 bits per heavy atom. The van der Waals surface area contributed by atoms with Crippen molar-refractivity contribution in [1.29, 1.82) is 0 Å². The zero-order valence-corrected chi connectivity index (χ0v) is 8.64. The number of aliphatic carboxylic acids is 1. The van der Waals surface area contributed by atoms with E-state index in [4.69, 9.17) is 5.11 Å². The third-order valence-electron chi connectivity index (χ3n) is 2.90. The SMILES string of the molecule is O=C(NC1CCCC1C(=O)O)c1ccn[nH]1. The Bertz CT molecular complexity index is 388. The molecule has 0 saturated heterocycles. The van der Waals surface area contributed by atoms with Crippen LogP contribution in [0.2, 0.25) is 0 Å². The van der Waals surface area contributed by atoms with Crippen LogP contribution in [0, 0.1) is 5.92 Å². The van der Waals surface area contributed by atoms with Gasteiger partial charge in [-0.1, -0.05) is 6.42 Å². The number of aromatic amines is 1. The summed E-state index contributed by atoms with van der Waals surface area (Å²) in [4.78, 5) is 22.6. The fourth-order valence-electron chi connectivity index (χ4n) is 2.06. The molecular formula is C10H13N3O3. The molecule has 0 radical (unpaired) electrons. The van der Waals surface area contributed by atoms with Crippen molar-refractivity contribution in [2.24, 2.45) is 5.92 Å². The van der Waals surface area contributed by atoms with Crippen LogP contribution >= 0.6 is 0 Å². The number of carbonyl (C=O) groups is 2. The number of hydrogen-bond donors (Lipinski definition) is 3. The Labute approximate surface area is 92.0 Å². The molecule has 1 heterocycles. The lowest BCUT2D eigenvalue weighted by Gasteiger charge is -2.16. The molecule has 16 heavy (non-hydrogen) atoms. The fraction of sp³-hybridized carbons (Fsp3) is 0.500. The summed E-state index contributed by atoms with van der Waals surface area (Å²) in [6.45, 7) is 0. The van der Waals surface area contributed by atoms with E-state index < -0.39 is 11.9 Å². The first-order valence-electron chi connectivity index (χ1n) is 5.21. The Morgan fingerprint density at radius 3 is 2.94 bits per heavy atom. The summed E-state index contributed by atoms with van der Waals surface area (Å²) in [5.74, 6) is -1.60. The second-order valence-corrected chi connectivity index (χ2v) is 3.93. The van der Waals surface area contributed by atoms with Crippen molar-refractivity contribution >= 4 is 11.9 Å². The standard InChI is InChI=1S/C10H13N3O3/c14-9(8-4-5-11-13-8)12-7-3-1-2-6(7)10(15)16/h4-7H,1-3H2,(H,11,13)(H,12,14)(H,15,16). The molecule has 1 fully saturated rings. The third kappa shape index (κ3) is 2.05. The van der Waals surface area contributed by atoms with Crippen molar-refractivity contribution in [2.45, 2.75) is 25.3 Å². The topological polar surface area (TPSA) is 95.1 Å². The molecular weight excluding hydrogens is 210 g/mol. The van der Waals surface area contributed by atoms with Crippen LogP contribution < -0.4 is 5.32 Å². The number of hydrogen-bond acceptors (Lipinski definition) is 3. The summed E-state index contributed by atoms with van der Waals surface area (Å²) in [5, 5.41) is 17.9. The molecule has 1 aromatic rings. The van der Waals surface area contributed by atoms with E-state index in [0.29, 0.717) is 12.1 Å². The van der Waals surface area contributed by atoms with Gasteiger partial charge >= 0.3 is 5.97 Å². The first-order chi connectivity index (χ1) is 7.68. The summed E-state index contributed by atoms with van der Waals surface area (Å²) in [6.07, 6.45) is 3.67. The first kappa shape index (κ1) is 10.7. The lowest BCUT2D eigenvalue weighted by molar-refractivity contribution is -0.142. The van der Waals surface area contributed by atoms with Gasteiger partial charge in [0.05, 0.1) is 5.92 Å². The number of carbonyl (C=O) groups excluding carboxylic acids is 1. The average molecular weight is 223 g/mol. The summed E-state index contributed by atoms with van der Waals surface area (Å²) in [5.41, 5.74) is 0.357. The van der Waals surface area contributed by atoms with Crippen LogP contribution in [0.25, 0.3) is 0 Å². The smallest absolute Gasteiger partial charge is 0.308 e. The molecule has 1 saturated carbocycles. The number of carboxylic acid groups (broad SMARTS) is 1. The molecule has 86 valence electrons. The maximum Gasteiger partial charge on any atom is 0.308 e. The van der Waals surface area contributed by atoms with Crippen LogP contribution in [-0.2, 0) is 4.79 Å². The van der Waals surface area contributed by atoms with Crippen molar-refractivity contribution in [1.82, 2.24) is 15.5 Å². The van der Waals surface area contributed by atoms with Gasteiger partial charge in [-0.3, -0.25) is 14.7 Å². The molecule has 0 bridgehead atoms. The molecule has 3 N–H and O–H groups in total. The molecule has 2 unspecified atom stereocenters. The molecule has 6 nitrogen and oxygen atoms in total. The number of carboxylic acids is 1. The largest absolute Gasteiger partial charge is 0.481 e. The van der Waals surface area contributed by atoms with Crippen LogP contribution in [0.3, 0.4) is 0 Å². The second-order valence-electron chi connectivity index (χ2n) is 3.93. The van der Waals surface area contributed by atoms with Crippen molar-refractivity contribution in [3.05, 3.63) is 18.0 Å². The number of aromatic nitrogens is 2. The van der Waals surface area contributed by atoms with E-state index in [1.54, 1.807) is 6.07 Å². The molecule has 2 atom stereocenters. The fourth-order valence-corrected chi connectivity index (χ4v) is 2.06. The molecule has 6 heteroatoms. The summed E-state index contributed by atoms with van der Waals surface area (Å²) >= 11 is 0. The monoisotopic (exact) mass is 223 g/mol. The Kier molecular flexibility index (Phi) is 2.89. The van der Waals surface area contributed by atoms with E-state index in [-0.39, 0.29) is 11.9 Å². The van der Waals surface area contributed by atoms with Crippen LogP contribution in [0.5, 0.6) is 0 Å². The van der Waals surface area contributed by atoms with E-state index in [9.17, 15) is 9.59 Å². The quantitative estimate of drug-likeness (QED) is 0.690. The first-order valence-corrected chi connectivity index (χ1v) is 5.21. The van der Waals surface area contributed by atoms with Gasteiger partial charge in [0.25, 0.3) is 5.91 Å². The van der Waals surface area contributed by atoms with Gasteiger partial charge in [-0.15, -0.1) is 0 Å². The average Bonchev–Trinajstić information content (AvgIpc) is 2.86. The van der Waals surface area contributed by atoms with E-state index in [1.807, 2.05) is 0 Å². The number of rotatable bonds is 3. The van der Waals surface area contributed by atoms with Gasteiger partial charge in [0, 0.05) is 12.2 Å². The van der Waals surface area contributed by atoms with Crippen molar-refractivity contribution < 1.29 is 14.7 Å². The molecule has 0 aliphatic heterocycles. The van der Waals surface area contributed by atoms with Crippen LogP contribution in [0.1, 0.15) is 29.8 Å². The number of H-pyrrole nitrogens is 1. The highest BCUT2D eigenvalue weighted by molar-refractivity contribution is 5.92. The molecule has 1 aromatic heterocycles. The summed E-state index contributed by atoms with van der Waals surface area (Å²) in [6, 6.07) is 1.29. The minimum Gasteiger partial charge on any atom is -0.481 e. The zero-order chi connectivity index (χ0) is 11.5. The Hall–Kier alpha value is -1.85. The number of amides is 1. The van der Waals surface area contributed by atoms with Gasteiger partial charge < -0.3 is 10.4 Å². The minimum atomic E-state index is -0.840.